The molecule has 0 atom stereocenters. The predicted octanol–water partition coefficient (Wildman–Crippen LogP) is 1.84. The number of nitrogens with one attached hydrogen (secondary N) is 1. The van der Waals surface area contributed by atoms with Crippen LogP contribution in [0.15, 0.2) is 16.2 Å². The van der Waals surface area contributed by atoms with Crippen LogP contribution < -0.4 is 5.32 Å². The summed E-state index contributed by atoms with van der Waals surface area (Å²) in [5, 5.41) is 3.82. The number of hydrogen-bond acceptors (Lipinski definition) is 5. The van der Waals surface area contributed by atoms with Crippen molar-refractivity contribution in [3.05, 3.63) is 11.9 Å². The monoisotopic (exact) mass is 246 g/mol. The van der Waals surface area contributed by atoms with Crippen LogP contribution >= 0.6 is 11.8 Å². The second kappa shape index (κ2) is 5.80. The van der Waals surface area contributed by atoms with Gasteiger partial charge in [0.05, 0.1) is 6.20 Å². The molecular formula is C12H14N4S. The number of hydrogen-bond donors (Lipinski definition) is 1. The van der Waals surface area contributed by atoms with E-state index in [9.17, 15) is 0 Å². The summed E-state index contributed by atoms with van der Waals surface area (Å²) in [6.45, 7) is 3.49. The van der Waals surface area contributed by atoms with Gasteiger partial charge >= 0.3 is 0 Å². The normalized spacial score (nSPS) is 13.9. The summed E-state index contributed by atoms with van der Waals surface area (Å²) in [4.78, 5) is 12.5. The van der Waals surface area contributed by atoms with Crippen molar-refractivity contribution in [1.29, 1.82) is 0 Å². The molecule has 4 nitrogen and oxygen atoms in total. The predicted molar refractivity (Wildman–Crippen MR) is 70.6 cm³/mol. The molecule has 1 heterocycles. The molecule has 0 aromatic carbocycles. The quantitative estimate of drug-likeness (QED) is 0.381. The van der Waals surface area contributed by atoms with Gasteiger partial charge in [-0.05, 0) is 32.5 Å². The van der Waals surface area contributed by atoms with Gasteiger partial charge in [-0.2, -0.15) is 0 Å². The third-order valence-corrected chi connectivity index (χ3v) is 3.19. The molecule has 2 rings (SSSR count). The fourth-order valence-corrected chi connectivity index (χ4v) is 1.87. The van der Waals surface area contributed by atoms with Gasteiger partial charge in [0.1, 0.15) is 10.7 Å². The number of nitrogens with zero attached hydrogens (tertiary/aromatic N) is 3. The Hall–Kier alpha value is -1.38. The summed E-state index contributed by atoms with van der Waals surface area (Å²) < 4.78 is 0. The molecule has 0 radical (unpaired) electrons. The lowest BCUT2D eigenvalue weighted by molar-refractivity contribution is 0.968. The van der Waals surface area contributed by atoms with Crippen molar-refractivity contribution in [2.24, 2.45) is 10.9 Å². The Morgan fingerprint density at radius 1 is 1.65 bits per heavy atom. The first-order valence-corrected chi connectivity index (χ1v) is 6.44. The zero-order chi connectivity index (χ0) is 12.1. The van der Waals surface area contributed by atoms with Crippen molar-refractivity contribution >= 4 is 24.3 Å². The highest BCUT2D eigenvalue weighted by atomic mass is 32.2. The summed E-state index contributed by atoms with van der Waals surface area (Å²) in [6.07, 6.45) is 4.09. The minimum absolute atomic E-state index is 0.572. The van der Waals surface area contributed by atoms with E-state index in [1.54, 1.807) is 18.0 Å². The van der Waals surface area contributed by atoms with Crippen LogP contribution in [-0.4, -0.2) is 29.6 Å². The fraction of sp³-hybridized carbons (Fsp3) is 0.417. The molecule has 0 spiro atoms. The smallest absolute Gasteiger partial charge is 0.184 e. The SMILES string of the molecule is C=Nc1ncc(C#CC2CC2)nc1SCNC. The molecule has 1 aliphatic rings. The molecule has 5 heteroatoms. The maximum atomic E-state index is 4.43. The molecule has 0 bridgehead atoms. The second-order valence-electron chi connectivity index (χ2n) is 3.73. The van der Waals surface area contributed by atoms with Crippen LogP contribution in [0.4, 0.5) is 5.82 Å². The van der Waals surface area contributed by atoms with Gasteiger partial charge in [-0.15, -0.1) is 0 Å². The molecule has 1 saturated carbocycles. The number of aromatic nitrogens is 2. The molecule has 88 valence electrons. The summed E-state index contributed by atoms with van der Waals surface area (Å²) in [7, 11) is 1.89. The van der Waals surface area contributed by atoms with Crippen LogP contribution in [0, 0.1) is 17.8 Å². The van der Waals surface area contributed by atoms with Gasteiger partial charge in [-0.3, -0.25) is 0 Å². The Bertz CT molecular complexity index is 471. The van der Waals surface area contributed by atoms with E-state index < -0.39 is 0 Å². The van der Waals surface area contributed by atoms with Crippen LogP contribution in [0.1, 0.15) is 18.5 Å². The molecule has 1 aliphatic carbocycles. The first kappa shape index (κ1) is 12.1. The summed E-state index contributed by atoms with van der Waals surface area (Å²) >= 11 is 1.55. The van der Waals surface area contributed by atoms with Crippen LogP contribution in [0.5, 0.6) is 0 Å². The Labute approximate surface area is 105 Å². The van der Waals surface area contributed by atoms with Gasteiger partial charge in [0.2, 0.25) is 0 Å². The van der Waals surface area contributed by atoms with Crippen LogP contribution in [0.2, 0.25) is 0 Å². The Morgan fingerprint density at radius 2 is 2.47 bits per heavy atom. The number of rotatable bonds is 4. The van der Waals surface area contributed by atoms with Crippen molar-refractivity contribution in [3.63, 3.8) is 0 Å². The zero-order valence-electron chi connectivity index (χ0n) is 9.73. The molecule has 17 heavy (non-hydrogen) atoms. The standard InChI is InChI=1S/C12H14N4S/c1-13-8-17-12-11(14-2)15-7-10(16-12)6-5-9-3-4-9/h7,9,13H,2-4,8H2,1H3. The molecule has 0 amide bonds. The van der Waals surface area contributed by atoms with Gasteiger partial charge < -0.3 is 5.32 Å². The maximum absolute atomic E-state index is 4.43. The lowest BCUT2D eigenvalue weighted by Crippen LogP contribution is -2.04. The molecule has 1 N–H and O–H groups in total. The highest BCUT2D eigenvalue weighted by Gasteiger charge is 2.17. The van der Waals surface area contributed by atoms with Crippen molar-refractivity contribution in [1.82, 2.24) is 15.3 Å². The average Bonchev–Trinajstić information content (AvgIpc) is 3.18. The topological polar surface area (TPSA) is 50.2 Å². The second-order valence-corrected chi connectivity index (χ2v) is 4.69. The van der Waals surface area contributed by atoms with E-state index >= 15 is 0 Å². The maximum Gasteiger partial charge on any atom is 0.184 e. The van der Waals surface area contributed by atoms with E-state index in [0.29, 0.717) is 17.4 Å². The molecule has 0 aliphatic heterocycles. The van der Waals surface area contributed by atoms with E-state index in [1.807, 2.05) is 7.05 Å². The molecule has 0 saturated heterocycles. The largest absolute Gasteiger partial charge is 0.311 e. The van der Waals surface area contributed by atoms with Gasteiger partial charge in [0, 0.05) is 11.8 Å². The molecule has 1 aromatic rings. The van der Waals surface area contributed by atoms with E-state index in [4.69, 9.17) is 0 Å². The Morgan fingerprint density at radius 3 is 3.12 bits per heavy atom. The minimum atomic E-state index is 0.572. The Balaban J connectivity index is 2.18. The number of aliphatic imine (C=N–C) groups is 1. The van der Waals surface area contributed by atoms with E-state index in [1.165, 1.54) is 12.8 Å². The molecule has 0 unspecified atom stereocenters. The third-order valence-electron chi connectivity index (χ3n) is 2.21. The highest BCUT2D eigenvalue weighted by Crippen LogP contribution is 2.28. The van der Waals surface area contributed by atoms with Crippen molar-refractivity contribution < 1.29 is 0 Å². The summed E-state index contributed by atoms with van der Waals surface area (Å²) in [6, 6.07) is 0. The lowest BCUT2D eigenvalue weighted by Gasteiger charge is -2.02. The lowest BCUT2D eigenvalue weighted by atomic mass is 10.4. The van der Waals surface area contributed by atoms with Gasteiger partial charge in [-0.1, -0.05) is 17.7 Å². The summed E-state index contributed by atoms with van der Waals surface area (Å²) in [5.74, 6) is 8.13. The fourth-order valence-electron chi connectivity index (χ4n) is 1.18. The van der Waals surface area contributed by atoms with Crippen molar-refractivity contribution in [3.8, 4) is 11.8 Å². The molecule has 1 fully saturated rings. The van der Waals surface area contributed by atoms with Gasteiger partial charge in [0.15, 0.2) is 5.82 Å². The Kier molecular flexibility index (Phi) is 4.13. The first-order valence-electron chi connectivity index (χ1n) is 5.46. The zero-order valence-corrected chi connectivity index (χ0v) is 10.5. The van der Waals surface area contributed by atoms with E-state index in [0.717, 1.165) is 10.9 Å². The van der Waals surface area contributed by atoms with E-state index in [-0.39, 0.29) is 0 Å². The van der Waals surface area contributed by atoms with Gasteiger partial charge in [0.25, 0.3) is 0 Å². The van der Waals surface area contributed by atoms with Crippen LogP contribution in [0.25, 0.3) is 0 Å². The van der Waals surface area contributed by atoms with Crippen molar-refractivity contribution in [2.45, 2.75) is 17.9 Å². The molecular weight excluding hydrogens is 232 g/mol. The van der Waals surface area contributed by atoms with Crippen LogP contribution in [0.3, 0.4) is 0 Å². The van der Waals surface area contributed by atoms with Crippen molar-refractivity contribution in [2.75, 3.05) is 12.9 Å². The number of thioether (sulfide) groups is 1. The van der Waals surface area contributed by atoms with Crippen LogP contribution in [-0.2, 0) is 0 Å². The minimum Gasteiger partial charge on any atom is -0.311 e. The first-order chi connectivity index (χ1) is 8.33. The molecule has 1 aromatic heterocycles. The van der Waals surface area contributed by atoms with Gasteiger partial charge in [-0.25, -0.2) is 15.0 Å². The summed E-state index contributed by atoms with van der Waals surface area (Å²) in [5.41, 5.74) is 0.711. The third kappa shape index (κ3) is 3.55. The average molecular weight is 246 g/mol. The van der Waals surface area contributed by atoms with E-state index in [2.05, 4.69) is 38.8 Å². The highest BCUT2D eigenvalue weighted by molar-refractivity contribution is 7.99.